The van der Waals surface area contributed by atoms with Crippen LogP contribution in [-0.2, 0) is 65.4 Å². The van der Waals surface area contributed by atoms with Gasteiger partial charge >= 0.3 is 39.5 Å². The predicted octanol–water partition coefficient (Wildman–Crippen LogP) is 23.0. The summed E-state index contributed by atoms with van der Waals surface area (Å²) in [6, 6.07) is 0. The SMILES string of the molecule is CC/C=C\C/C=C\C/C=C\C/C=C\C/C=C\CCCCCC(=O)OCC(COP(=O)(O)OCC(O)COP(=O)(O)OCC(COC(=O)CCCC/C=C\C/C=C\C/C=C\C/C=C\CC)OC(=O)CCCCCCCCCCCCCCC)OC(=O)CCC/C=C\C/C=C\C/C=C\C/C=C\C/C=C\CC. The molecule has 19 heteroatoms. The van der Waals surface area contributed by atoms with E-state index < -0.39 is 97.5 Å². The number of esters is 4. The fourth-order valence-corrected chi connectivity index (χ4v) is 11.4. The second-order valence-corrected chi connectivity index (χ2v) is 28.4. The molecule has 0 aliphatic rings. The van der Waals surface area contributed by atoms with Gasteiger partial charge in [0.1, 0.15) is 19.3 Å². The zero-order valence-electron chi connectivity index (χ0n) is 64.4. The average Bonchev–Trinajstić information content (AvgIpc) is 0.911. The first kappa shape index (κ1) is 98.4. The van der Waals surface area contributed by atoms with Crippen LogP contribution in [0.1, 0.15) is 285 Å². The lowest BCUT2D eigenvalue weighted by Gasteiger charge is -2.21. The average molecular weight is 1490 g/mol. The molecule has 0 radical (unpaired) electrons. The molecular formula is C85H138O17P2. The van der Waals surface area contributed by atoms with Crippen LogP contribution < -0.4 is 0 Å². The highest BCUT2D eigenvalue weighted by molar-refractivity contribution is 7.47. The summed E-state index contributed by atoms with van der Waals surface area (Å²) in [6.07, 6.45) is 89.2. The van der Waals surface area contributed by atoms with Gasteiger partial charge in [0.15, 0.2) is 12.2 Å². The van der Waals surface area contributed by atoms with Gasteiger partial charge in [-0.15, -0.1) is 0 Å². The molecule has 0 saturated carbocycles. The van der Waals surface area contributed by atoms with E-state index in [-0.39, 0.29) is 25.7 Å². The smallest absolute Gasteiger partial charge is 0.462 e. The lowest BCUT2D eigenvalue weighted by atomic mass is 10.0. The summed E-state index contributed by atoms with van der Waals surface area (Å²) in [7, 11) is -10.0. The number of phosphoric acid groups is 2. The maximum Gasteiger partial charge on any atom is 0.472 e. The topological polar surface area (TPSA) is 237 Å². The minimum absolute atomic E-state index is 0.00194. The van der Waals surface area contributed by atoms with Gasteiger partial charge in [-0.1, -0.05) is 281 Å². The van der Waals surface area contributed by atoms with Gasteiger partial charge in [-0.2, -0.15) is 0 Å². The Balaban J connectivity index is 5.49. The molecule has 0 aromatic heterocycles. The summed E-state index contributed by atoms with van der Waals surface area (Å²) in [6.45, 7) is 4.37. The van der Waals surface area contributed by atoms with E-state index in [2.05, 4.69) is 186 Å². The number of allylic oxidation sites excluding steroid dienone is 28. The minimum Gasteiger partial charge on any atom is -0.462 e. The third-order valence-corrected chi connectivity index (χ3v) is 17.6. The Kier molecular flexibility index (Phi) is 71.6. The lowest BCUT2D eigenvalue weighted by Crippen LogP contribution is -2.30. The molecule has 0 aliphatic heterocycles. The van der Waals surface area contributed by atoms with Crippen molar-refractivity contribution >= 4 is 39.5 Å². The third kappa shape index (κ3) is 74.7. The molecule has 0 aliphatic carbocycles. The molecule has 0 saturated heterocycles. The predicted molar refractivity (Wildman–Crippen MR) is 426 cm³/mol. The fourth-order valence-electron chi connectivity index (χ4n) is 9.80. The Labute approximate surface area is 629 Å². The van der Waals surface area contributed by atoms with Crippen molar-refractivity contribution in [2.24, 2.45) is 0 Å². The Morgan fingerprint density at radius 3 is 0.827 bits per heavy atom. The fraction of sp³-hybridized carbons (Fsp3) is 0.624. The van der Waals surface area contributed by atoms with Crippen LogP contribution >= 0.6 is 15.6 Å². The van der Waals surface area contributed by atoms with Gasteiger partial charge in [0.2, 0.25) is 0 Å². The van der Waals surface area contributed by atoms with Crippen molar-refractivity contribution in [3.05, 3.63) is 170 Å². The number of rotatable bonds is 72. The molecule has 5 unspecified atom stereocenters. The summed E-state index contributed by atoms with van der Waals surface area (Å²) in [5, 5.41) is 10.6. The Morgan fingerprint density at radius 2 is 0.510 bits per heavy atom. The van der Waals surface area contributed by atoms with Crippen molar-refractivity contribution in [2.75, 3.05) is 39.6 Å². The molecule has 5 atom stereocenters. The number of phosphoric ester groups is 2. The number of hydrogen-bond donors (Lipinski definition) is 3. The number of carbonyl (C=O) groups is 4. The van der Waals surface area contributed by atoms with Crippen molar-refractivity contribution in [3.63, 3.8) is 0 Å². The molecule has 0 aromatic carbocycles. The van der Waals surface area contributed by atoms with Crippen molar-refractivity contribution in [1.29, 1.82) is 0 Å². The maximum absolute atomic E-state index is 13.1. The first-order valence-electron chi connectivity index (χ1n) is 39.4. The molecule has 0 fully saturated rings. The van der Waals surface area contributed by atoms with Crippen molar-refractivity contribution in [3.8, 4) is 0 Å². The lowest BCUT2D eigenvalue weighted by molar-refractivity contribution is -0.161. The molecule has 0 bridgehead atoms. The number of aliphatic hydroxyl groups excluding tert-OH is 1. The van der Waals surface area contributed by atoms with Crippen LogP contribution in [0, 0.1) is 0 Å². The summed E-state index contributed by atoms with van der Waals surface area (Å²) in [5.41, 5.74) is 0. The number of ether oxygens (including phenoxy) is 4. The van der Waals surface area contributed by atoms with Gasteiger partial charge in [0, 0.05) is 25.7 Å². The van der Waals surface area contributed by atoms with Crippen molar-refractivity contribution < 1.29 is 80.2 Å². The molecule has 0 spiro atoms. The first-order valence-corrected chi connectivity index (χ1v) is 42.4. The maximum atomic E-state index is 13.1. The van der Waals surface area contributed by atoms with E-state index in [1.807, 2.05) is 12.2 Å². The molecule has 104 heavy (non-hydrogen) atoms. The first-order chi connectivity index (χ1) is 50.7. The number of carbonyl (C=O) groups excluding carboxylic acids is 4. The van der Waals surface area contributed by atoms with Crippen LogP contribution in [0.5, 0.6) is 0 Å². The van der Waals surface area contributed by atoms with E-state index in [9.17, 15) is 43.2 Å². The van der Waals surface area contributed by atoms with E-state index in [0.29, 0.717) is 32.1 Å². The number of unbranched alkanes of at least 4 members (excludes halogenated alkanes) is 18. The van der Waals surface area contributed by atoms with Gasteiger partial charge in [-0.25, -0.2) is 9.13 Å². The van der Waals surface area contributed by atoms with E-state index in [1.165, 1.54) is 51.4 Å². The monoisotopic (exact) mass is 1490 g/mol. The van der Waals surface area contributed by atoms with Crippen LogP contribution in [0.2, 0.25) is 0 Å². The molecule has 590 valence electrons. The number of hydrogen-bond acceptors (Lipinski definition) is 15. The normalized spacial score (nSPS) is 14.8. The zero-order chi connectivity index (χ0) is 76.0. The van der Waals surface area contributed by atoms with Crippen LogP contribution in [0.3, 0.4) is 0 Å². The molecule has 0 heterocycles. The van der Waals surface area contributed by atoms with Crippen LogP contribution in [0.25, 0.3) is 0 Å². The van der Waals surface area contributed by atoms with Gasteiger partial charge < -0.3 is 33.8 Å². The van der Waals surface area contributed by atoms with Crippen LogP contribution in [0.4, 0.5) is 0 Å². The van der Waals surface area contributed by atoms with Crippen LogP contribution in [0.15, 0.2) is 170 Å². The van der Waals surface area contributed by atoms with Gasteiger partial charge in [0.05, 0.1) is 26.4 Å². The van der Waals surface area contributed by atoms with Gasteiger partial charge in [0.25, 0.3) is 0 Å². The quantitative estimate of drug-likeness (QED) is 0.0169. The summed E-state index contributed by atoms with van der Waals surface area (Å²) in [5.74, 6) is -2.34. The Bertz CT molecular complexity index is 2640. The molecule has 0 amide bonds. The van der Waals surface area contributed by atoms with E-state index in [0.717, 1.165) is 148 Å². The van der Waals surface area contributed by atoms with E-state index >= 15 is 0 Å². The molecule has 3 N–H and O–H groups in total. The zero-order valence-corrected chi connectivity index (χ0v) is 66.2. The second kappa shape index (κ2) is 75.6. The van der Waals surface area contributed by atoms with E-state index in [1.54, 1.807) is 0 Å². The largest absolute Gasteiger partial charge is 0.472 e. The van der Waals surface area contributed by atoms with E-state index in [4.69, 9.17) is 37.0 Å². The highest BCUT2D eigenvalue weighted by atomic mass is 31.2. The van der Waals surface area contributed by atoms with Crippen molar-refractivity contribution in [1.82, 2.24) is 0 Å². The molecule has 17 nitrogen and oxygen atoms in total. The summed E-state index contributed by atoms with van der Waals surface area (Å²) in [4.78, 5) is 73.0. The third-order valence-electron chi connectivity index (χ3n) is 15.7. The number of aliphatic hydroxyl groups is 1. The highest BCUT2D eigenvalue weighted by Gasteiger charge is 2.30. The Morgan fingerprint density at radius 1 is 0.279 bits per heavy atom. The minimum atomic E-state index is -5.01. The summed E-state index contributed by atoms with van der Waals surface area (Å²) >= 11 is 0. The highest BCUT2D eigenvalue weighted by Crippen LogP contribution is 2.45. The Hall–Kier alpha value is -5.58. The van der Waals surface area contributed by atoms with Gasteiger partial charge in [-0.05, 0) is 148 Å². The second-order valence-electron chi connectivity index (χ2n) is 25.5. The van der Waals surface area contributed by atoms with Crippen LogP contribution in [-0.4, -0.2) is 96.7 Å². The molecule has 0 aromatic rings. The molecule has 0 rings (SSSR count). The van der Waals surface area contributed by atoms with Gasteiger partial charge in [-0.3, -0.25) is 37.3 Å². The molecular weight excluding hydrogens is 1350 g/mol. The summed E-state index contributed by atoms with van der Waals surface area (Å²) < 4.78 is 68.4. The van der Waals surface area contributed by atoms with Crippen molar-refractivity contribution in [2.45, 2.75) is 303 Å². The standard InChI is InChI=1S/C85H138O17P2/c1-5-9-13-17-21-25-29-33-36-38-39-41-43-47-50-54-58-62-66-70-83(88)96-76-81(102-85(90)72-68-64-60-56-52-48-44-40-37-34-30-26-22-18-14-10-6-2)78-100-104(93,94)98-74-79(86)73-97-103(91,92)99-77-80(101-84(89)71-67-63-59-55-51-45-32-28-24-20-16-12-8-4)75-95-82(87)69-65-61-57-53-49-46-42-35-31-27-23-19-15-11-7-3/h9-11,13-15,21-23,25-27,33-37,39,41-42,44,47-50,53,56,60,79-81,86H,5-8,12,16-20,24,28-32,38,40,43,45-46,51-52,54-55,57-59,61-78H2,1-4H3,(H,91,92)(H,93,94)/b13-9-,14-10-,15-11-,25-21-,26-22-,27-23-,36-33-,37-34-,41-39-,42-35-,48-44-,50-47-,53-49-,60-56-.